The van der Waals surface area contributed by atoms with Gasteiger partial charge in [-0.25, -0.2) is 8.42 Å². The van der Waals surface area contributed by atoms with Gasteiger partial charge in [0.05, 0.1) is 10.8 Å². The molecule has 31 heavy (non-hydrogen) atoms. The van der Waals surface area contributed by atoms with E-state index in [0.717, 1.165) is 24.8 Å². The van der Waals surface area contributed by atoms with Gasteiger partial charge >= 0.3 is 0 Å². The largest absolute Gasteiger partial charge is 0.342 e. The normalized spacial score (nSPS) is 19.7. The number of rotatable bonds is 7. The molecule has 7 nitrogen and oxygen atoms in total. The van der Waals surface area contributed by atoms with Crippen LogP contribution >= 0.6 is 0 Å². The molecule has 164 valence electrons. The van der Waals surface area contributed by atoms with Gasteiger partial charge in [0, 0.05) is 38.3 Å². The molecular weight excluding hydrogens is 414 g/mol. The van der Waals surface area contributed by atoms with E-state index >= 15 is 0 Å². The van der Waals surface area contributed by atoms with Crippen molar-refractivity contribution < 1.29 is 18.0 Å². The van der Waals surface area contributed by atoms with E-state index in [1.165, 1.54) is 16.4 Å². The van der Waals surface area contributed by atoms with Crippen LogP contribution in [0.4, 0.5) is 5.69 Å². The highest BCUT2D eigenvalue weighted by molar-refractivity contribution is 7.89. The van der Waals surface area contributed by atoms with Gasteiger partial charge in [-0.2, -0.15) is 4.31 Å². The van der Waals surface area contributed by atoms with Crippen molar-refractivity contribution in [2.24, 2.45) is 5.92 Å². The van der Waals surface area contributed by atoms with Crippen LogP contribution in [0.1, 0.15) is 24.8 Å². The van der Waals surface area contributed by atoms with Crippen LogP contribution in [0.3, 0.4) is 0 Å². The molecule has 2 heterocycles. The van der Waals surface area contributed by atoms with Crippen LogP contribution in [0.5, 0.6) is 0 Å². The molecule has 2 aromatic carbocycles. The van der Waals surface area contributed by atoms with Gasteiger partial charge in [0.15, 0.2) is 0 Å². The molecule has 0 radical (unpaired) electrons. The van der Waals surface area contributed by atoms with Crippen molar-refractivity contribution in [3.05, 3.63) is 60.2 Å². The fourth-order valence-electron chi connectivity index (χ4n) is 4.10. The number of carbonyl (C=O) groups is 2. The van der Waals surface area contributed by atoms with Crippen LogP contribution in [0, 0.1) is 5.92 Å². The first-order valence-electron chi connectivity index (χ1n) is 10.7. The summed E-state index contributed by atoms with van der Waals surface area (Å²) in [6.07, 6.45) is 2.72. The van der Waals surface area contributed by atoms with Crippen molar-refractivity contribution in [2.45, 2.75) is 30.6 Å². The number of sulfonamides is 1. The first-order valence-corrected chi connectivity index (χ1v) is 12.1. The molecule has 0 spiro atoms. The number of nitrogens with zero attached hydrogens (tertiary/aromatic N) is 2. The van der Waals surface area contributed by atoms with E-state index in [1.54, 1.807) is 17.0 Å². The number of benzene rings is 2. The molecule has 2 aliphatic rings. The molecule has 2 aromatic rings. The molecule has 4 rings (SSSR count). The van der Waals surface area contributed by atoms with E-state index in [-0.39, 0.29) is 23.1 Å². The topological polar surface area (TPSA) is 86.8 Å². The number of anilines is 1. The average Bonchev–Trinajstić information content (AvgIpc) is 3.44. The van der Waals surface area contributed by atoms with Crippen LogP contribution in [-0.4, -0.2) is 55.6 Å². The Morgan fingerprint density at radius 1 is 1.00 bits per heavy atom. The smallest absolute Gasteiger partial charge is 0.243 e. The standard InChI is InChI=1S/C23H27N3O4S/c27-22-16-19(17-25(22)15-12-18-6-2-1-3-7-18)23(28)24-20-8-10-21(11-9-20)31(29,30)26-13-4-5-14-26/h1-3,6-11,19H,4-5,12-17H2,(H,24,28)/t19-/m1/s1. The fourth-order valence-corrected chi connectivity index (χ4v) is 5.62. The number of hydrogen-bond acceptors (Lipinski definition) is 4. The summed E-state index contributed by atoms with van der Waals surface area (Å²) in [5.74, 6) is -0.634. The van der Waals surface area contributed by atoms with Crippen LogP contribution < -0.4 is 5.32 Å². The molecule has 2 saturated heterocycles. The van der Waals surface area contributed by atoms with Gasteiger partial charge < -0.3 is 10.2 Å². The van der Waals surface area contributed by atoms with Gasteiger partial charge in [-0.3, -0.25) is 9.59 Å². The van der Waals surface area contributed by atoms with Gasteiger partial charge in [-0.05, 0) is 49.1 Å². The summed E-state index contributed by atoms with van der Waals surface area (Å²) in [7, 11) is -3.47. The van der Waals surface area contributed by atoms with Crippen LogP contribution in [-0.2, 0) is 26.0 Å². The van der Waals surface area contributed by atoms with Gasteiger partial charge in [0.25, 0.3) is 0 Å². The zero-order valence-electron chi connectivity index (χ0n) is 17.4. The third-order valence-corrected chi connectivity index (χ3v) is 7.84. The Morgan fingerprint density at radius 2 is 1.68 bits per heavy atom. The summed E-state index contributed by atoms with van der Waals surface area (Å²) < 4.78 is 26.7. The molecule has 2 fully saturated rings. The predicted octanol–water partition coefficient (Wildman–Crippen LogP) is 2.50. The fraction of sp³-hybridized carbons (Fsp3) is 0.391. The third kappa shape index (κ3) is 4.97. The highest BCUT2D eigenvalue weighted by atomic mass is 32.2. The molecule has 0 saturated carbocycles. The van der Waals surface area contributed by atoms with Crippen LogP contribution in [0.2, 0.25) is 0 Å². The summed E-state index contributed by atoms with van der Waals surface area (Å²) in [6, 6.07) is 16.2. The van der Waals surface area contributed by atoms with Crippen molar-refractivity contribution in [3.63, 3.8) is 0 Å². The number of likely N-dealkylation sites (tertiary alicyclic amines) is 1. The van der Waals surface area contributed by atoms with Crippen molar-refractivity contribution in [2.75, 3.05) is 31.5 Å². The lowest BCUT2D eigenvalue weighted by Crippen LogP contribution is -2.30. The highest BCUT2D eigenvalue weighted by Gasteiger charge is 2.34. The Morgan fingerprint density at radius 3 is 2.35 bits per heavy atom. The first kappa shape index (κ1) is 21.5. The van der Waals surface area contributed by atoms with Gasteiger partial charge in [-0.15, -0.1) is 0 Å². The third-order valence-electron chi connectivity index (χ3n) is 5.92. The Bertz CT molecular complexity index is 1030. The van der Waals surface area contributed by atoms with Crippen LogP contribution in [0.15, 0.2) is 59.5 Å². The first-order chi connectivity index (χ1) is 14.9. The van der Waals surface area contributed by atoms with E-state index < -0.39 is 15.9 Å². The minimum absolute atomic E-state index is 0.0110. The summed E-state index contributed by atoms with van der Waals surface area (Å²) in [6.45, 7) is 2.10. The molecule has 0 aromatic heterocycles. The minimum Gasteiger partial charge on any atom is -0.342 e. The van der Waals surface area contributed by atoms with E-state index in [1.807, 2.05) is 30.3 Å². The molecule has 0 unspecified atom stereocenters. The van der Waals surface area contributed by atoms with Crippen molar-refractivity contribution in [1.29, 1.82) is 0 Å². The number of carbonyl (C=O) groups excluding carboxylic acids is 2. The van der Waals surface area contributed by atoms with E-state index in [4.69, 9.17) is 0 Å². The summed E-state index contributed by atoms with van der Waals surface area (Å²) in [5, 5.41) is 2.82. The maximum atomic E-state index is 12.7. The lowest BCUT2D eigenvalue weighted by atomic mass is 10.1. The zero-order valence-corrected chi connectivity index (χ0v) is 18.2. The summed E-state index contributed by atoms with van der Waals surface area (Å²) >= 11 is 0. The molecule has 2 amide bonds. The molecule has 0 bridgehead atoms. The SMILES string of the molecule is O=C(Nc1ccc(S(=O)(=O)N2CCCC2)cc1)[C@@H]1CC(=O)N(CCc2ccccc2)C1. The lowest BCUT2D eigenvalue weighted by Gasteiger charge is -2.17. The molecular formula is C23H27N3O4S. The summed E-state index contributed by atoms with van der Waals surface area (Å²) in [5.41, 5.74) is 1.69. The number of amides is 2. The van der Waals surface area contributed by atoms with Crippen molar-refractivity contribution in [1.82, 2.24) is 9.21 Å². The van der Waals surface area contributed by atoms with E-state index in [0.29, 0.717) is 31.9 Å². The monoisotopic (exact) mass is 441 g/mol. The van der Waals surface area contributed by atoms with Crippen molar-refractivity contribution in [3.8, 4) is 0 Å². The maximum Gasteiger partial charge on any atom is 0.243 e. The Kier molecular flexibility index (Phi) is 6.38. The van der Waals surface area contributed by atoms with Crippen molar-refractivity contribution >= 4 is 27.5 Å². The molecule has 2 aliphatic heterocycles. The Hall–Kier alpha value is -2.71. The Labute approximate surface area is 183 Å². The second-order valence-electron chi connectivity index (χ2n) is 8.10. The maximum absolute atomic E-state index is 12.7. The van der Waals surface area contributed by atoms with Crippen LogP contribution in [0.25, 0.3) is 0 Å². The van der Waals surface area contributed by atoms with Gasteiger partial charge in [0.2, 0.25) is 21.8 Å². The Balaban J connectivity index is 1.32. The van der Waals surface area contributed by atoms with Gasteiger partial charge in [0.1, 0.15) is 0 Å². The second-order valence-corrected chi connectivity index (χ2v) is 10.0. The highest BCUT2D eigenvalue weighted by Crippen LogP contribution is 2.24. The molecule has 1 atom stereocenters. The van der Waals surface area contributed by atoms with E-state index in [9.17, 15) is 18.0 Å². The van der Waals surface area contributed by atoms with Gasteiger partial charge in [-0.1, -0.05) is 30.3 Å². The number of hydrogen-bond donors (Lipinski definition) is 1. The molecule has 1 N–H and O–H groups in total. The molecule has 8 heteroatoms. The predicted molar refractivity (Wildman–Crippen MR) is 118 cm³/mol. The summed E-state index contributed by atoms with van der Waals surface area (Å²) in [4.78, 5) is 26.9. The molecule has 0 aliphatic carbocycles. The average molecular weight is 442 g/mol. The van der Waals surface area contributed by atoms with E-state index in [2.05, 4.69) is 5.32 Å². The zero-order chi connectivity index (χ0) is 21.8. The quantitative estimate of drug-likeness (QED) is 0.715. The lowest BCUT2D eigenvalue weighted by molar-refractivity contribution is -0.128. The number of nitrogens with one attached hydrogen (secondary N) is 1. The minimum atomic E-state index is -3.47. The second kappa shape index (κ2) is 9.20.